The van der Waals surface area contributed by atoms with Crippen molar-refractivity contribution in [1.29, 1.82) is 0 Å². The molecule has 1 fully saturated rings. The molecule has 0 bridgehead atoms. The molecule has 0 radical (unpaired) electrons. The van der Waals surface area contributed by atoms with Crippen molar-refractivity contribution < 1.29 is 0 Å². The summed E-state index contributed by atoms with van der Waals surface area (Å²) < 4.78 is 0. The van der Waals surface area contributed by atoms with Gasteiger partial charge in [0.15, 0.2) is 11.6 Å². The number of hydrogen-bond donors (Lipinski definition) is 1. The van der Waals surface area contributed by atoms with Gasteiger partial charge in [-0.15, -0.1) is 10.2 Å². The van der Waals surface area contributed by atoms with Gasteiger partial charge in [0.2, 0.25) is 0 Å². The van der Waals surface area contributed by atoms with Crippen LogP contribution >= 0.6 is 11.6 Å². The van der Waals surface area contributed by atoms with E-state index in [2.05, 4.69) is 39.5 Å². The molecule has 1 saturated heterocycles. The molecular formula is C23H26ClN5. The summed E-state index contributed by atoms with van der Waals surface area (Å²) in [5.41, 5.74) is 3.01. The van der Waals surface area contributed by atoms with Gasteiger partial charge in [-0.2, -0.15) is 0 Å². The molecule has 1 aliphatic heterocycles. The zero-order valence-electron chi connectivity index (χ0n) is 16.7. The first-order chi connectivity index (χ1) is 14.2. The van der Waals surface area contributed by atoms with Gasteiger partial charge in [-0.05, 0) is 49.6 Å². The molecule has 1 aromatic heterocycles. The molecule has 2 aromatic carbocycles. The summed E-state index contributed by atoms with van der Waals surface area (Å²) in [5.74, 6) is 1.37. The number of rotatable bonds is 6. The van der Waals surface area contributed by atoms with Crippen LogP contribution in [0.3, 0.4) is 0 Å². The molecule has 1 atom stereocenters. The van der Waals surface area contributed by atoms with E-state index in [9.17, 15) is 0 Å². The van der Waals surface area contributed by atoms with Crippen LogP contribution in [-0.2, 0) is 6.42 Å². The third-order valence-electron chi connectivity index (χ3n) is 5.36. The molecule has 1 N–H and O–H groups in total. The first kappa shape index (κ1) is 19.8. The first-order valence-corrected chi connectivity index (χ1v) is 10.6. The highest BCUT2D eigenvalue weighted by molar-refractivity contribution is 6.30. The van der Waals surface area contributed by atoms with Crippen LogP contribution in [0.5, 0.6) is 0 Å². The van der Waals surface area contributed by atoms with Crippen molar-refractivity contribution in [2.24, 2.45) is 0 Å². The van der Waals surface area contributed by atoms with Crippen molar-refractivity contribution in [3.63, 3.8) is 0 Å². The zero-order chi connectivity index (χ0) is 20.1. The first-order valence-electron chi connectivity index (χ1n) is 10.2. The Labute approximate surface area is 177 Å². The smallest absolute Gasteiger partial charge is 0.182 e. The maximum atomic E-state index is 6.02. The molecule has 0 aliphatic carbocycles. The minimum absolute atomic E-state index is 0.197. The molecule has 0 saturated carbocycles. The highest BCUT2D eigenvalue weighted by Gasteiger charge is 2.19. The van der Waals surface area contributed by atoms with Crippen LogP contribution in [0.4, 0.5) is 5.82 Å². The molecule has 6 heteroatoms. The number of anilines is 1. The van der Waals surface area contributed by atoms with Gasteiger partial charge >= 0.3 is 0 Å². The van der Waals surface area contributed by atoms with Crippen molar-refractivity contribution in [3.8, 4) is 11.4 Å². The molecule has 1 aliphatic rings. The van der Waals surface area contributed by atoms with Gasteiger partial charge in [-0.3, -0.25) is 4.90 Å². The highest BCUT2D eigenvalue weighted by Crippen LogP contribution is 2.22. The molecule has 3 aromatic rings. The Hall–Kier alpha value is -2.50. The number of benzene rings is 2. The fraction of sp³-hybridized carbons (Fsp3) is 0.348. The Morgan fingerprint density at radius 3 is 2.41 bits per heavy atom. The summed E-state index contributed by atoms with van der Waals surface area (Å²) in [7, 11) is 0. The molecule has 150 valence electrons. The minimum Gasteiger partial charge on any atom is -0.352 e. The Morgan fingerprint density at radius 1 is 0.966 bits per heavy atom. The molecule has 5 nitrogen and oxygen atoms in total. The lowest BCUT2D eigenvalue weighted by Crippen LogP contribution is -2.42. The van der Waals surface area contributed by atoms with E-state index >= 15 is 0 Å². The Bertz CT molecular complexity index is 924. The van der Waals surface area contributed by atoms with Crippen molar-refractivity contribution in [2.45, 2.75) is 38.8 Å². The summed E-state index contributed by atoms with van der Waals surface area (Å²) in [6.07, 6.45) is 4.72. The SMILES string of the molecule is CC(Nc1nnc(-c2ccc(Cl)cc2)nc1Cc1ccccc1)N1CCCCC1. The summed E-state index contributed by atoms with van der Waals surface area (Å²) in [6, 6.07) is 17.9. The average Bonchev–Trinajstić information content (AvgIpc) is 2.77. The summed E-state index contributed by atoms with van der Waals surface area (Å²) >= 11 is 6.02. The van der Waals surface area contributed by atoms with Crippen LogP contribution < -0.4 is 5.32 Å². The molecule has 1 unspecified atom stereocenters. The number of likely N-dealkylation sites (tertiary alicyclic amines) is 1. The van der Waals surface area contributed by atoms with Crippen molar-refractivity contribution in [3.05, 3.63) is 70.9 Å². The van der Waals surface area contributed by atoms with Gasteiger partial charge in [-0.25, -0.2) is 4.98 Å². The second kappa shape index (κ2) is 9.33. The maximum Gasteiger partial charge on any atom is 0.182 e. The zero-order valence-corrected chi connectivity index (χ0v) is 17.4. The van der Waals surface area contributed by atoms with Crippen molar-refractivity contribution in [2.75, 3.05) is 18.4 Å². The van der Waals surface area contributed by atoms with Crippen LogP contribution in [0, 0.1) is 0 Å². The van der Waals surface area contributed by atoms with Crippen molar-refractivity contribution >= 4 is 17.4 Å². The van der Waals surface area contributed by atoms with Gasteiger partial charge in [0, 0.05) is 30.1 Å². The largest absolute Gasteiger partial charge is 0.352 e. The van der Waals surface area contributed by atoms with Gasteiger partial charge in [0.05, 0.1) is 11.9 Å². The summed E-state index contributed by atoms with van der Waals surface area (Å²) in [6.45, 7) is 4.42. The lowest BCUT2D eigenvalue weighted by molar-refractivity contribution is 0.189. The third-order valence-corrected chi connectivity index (χ3v) is 5.61. The second-order valence-corrected chi connectivity index (χ2v) is 7.95. The normalized spacial score (nSPS) is 15.8. The molecule has 2 heterocycles. The fourth-order valence-electron chi connectivity index (χ4n) is 3.70. The Kier molecular flexibility index (Phi) is 6.37. The highest BCUT2D eigenvalue weighted by atomic mass is 35.5. The van der Waals surface area contributed by atoms with Crippen molar-refractivity contribution in [1.82, 2.24) is 20.1 Å². The Balaban J connectivity index is 1.62. The predicted octanol–water partition coefficient (Wildman–Crippen LogP) is 5.03. The quantitative estimate of drug-likeness (QED) is 0.621. The minimum atomic E-state index is 0.197. The Morgan fingerprint density at radius 2 is 1.69 bits per heavy atom. The lowest BCUT2D eigenvalue weighted by Gasteiger charge is -2.33. The third kappa shape index (κ3) is 5.11. The number of piperidine rings is 1. The topological polar surface area (TPSA) is 53.9 Å². The van der Waals surface area contributed by atoms with Crippen LogP contribution in [0.15, 0.2) is 54.6 Å². The van der Waals surface area contributed by atoms with E-state index in [0.29, 0.717) is 17.3 Å². The monoisotopic (exact) mass is 407 g/mol. The predicted molar refractivity (Wildman–Crippen MR) is 118 cm³/mol. The van der Waals surface area contributed by atoms with Gasteiger partial charge in [0.1, 0.15) is 0 Å². The second-order valence-electron chi connectivity index (χ2n) is 7.52. The standard InChI is InChI=1S/C23H26ClN5/c1-17(29-14-6-3-7-15-29)25-23-21(16-18-8-4-2-5-9-18)26-22(27-28-23)19-10-12-20(24)13-11-19/h2,4-5,8-13,17H,3,6-7,14-16H2,1H3,(H,25,28). The van der Waals surface area contributed by atoms with Gasteiger partial charge in [0.25, 0.3) is 0 Å². The van der Waals surface area contributed by atoms with E-state index in [0.717, 1.165) is 30.2 Å². The maximum absolute atomic E-state index is 6.02. The molecule has 29 heavy (non-hydrogen) atoms. The number of nitrogens with one attached hydrogen (secondary N) is 1. The van der Waals surface area contributed by atoms with E-state index in [1.807, 2.05) is 42.5 Å². The van der Waals surface area contributed by atoms with E-state index in [-0.39, 0.29) is 6.17 Å². The summed E-state index contributed by atoms with van der Waals surface area (Å²) in [5, 5.41) is 13.2. The number of aromatic nitrogens is 3. The average molecular weight is 408 g/mol. The molecule has 0 spiro atoms. The summed E-state index contributed by atoms with van der Waals surface area (Å²) in [4.78, 5) is 7.33. The number of nitrogens with zero attached hydrogens (tertiary/aromatic N) is 4. The molecule has 0 amide bonds. The fourth-order valence-corrected chi connectivity index (χ4v) is 3.82. The molecular weight excluding hydrogens is 382 g/mol. The van der Waals surface area contributed by atoms with E-state index < -0.39 is 0 Å². The van der Waals surface area contributed by atoms with Crippen LogP contribution in [0.2, 0.25) is 5.02 Å². The van der Waals surface area contributed by atoms with Gasteiger partial charge < -0.3 is 5.32 Å². The van der Waals surface area contributed by atoms with Crippen LogP contribution in [0.25, 0.3) is 11.4 Å². The van der Waals surface area contributed by atoms with Gasteiger partial charge in [-0.1, -0.05) is 48.4 Å². The van der Waals surface area contributed by atoms with Crippen LogP contribution in [-0.4, -0.2) is 39.3 Å². The number of halogens is 1. The van der Waals surface area contributed by atoms with Crippen LogP contribution in [0.1, 0.15) is 37.4 Å². The lowest BCUT2D eigenvalue weighted by atomic mass is 10.1. The number of hydrogen-bond acceptors (Lipinski definition) is 5. The van der Waals surface area contributed by atoms with E-state index in [4.69, 9.17) is 16.6 Å². The van der Waals surface area contributed by atoms with E-state index in [1.54, 1.807) is 0 Å². The van der Waals surface area contributed by atoms with E-state index in [1.165, 1.54) is 24.8 Å². The molecule has 4 rings (SSSR count).